The minimum atomic E-state index is -2.64. The molecule has 3 heterocycles. The van der Waals surface area contributed by atoms with E-state index in [4.69, 9.17) is 5.73 Å². The van der Waals surface area contributed by atoms with Crippen molar-refractivity contribution >= 4 is 33.6 Å². The van der Waals surface area contributed by atoms with Gasteiger partial charge < -0.3 is 10.8 Å². The average Bonchev–Trinajstić information content (AvgIpc) is 3.08. The number of fused-ring (bicyclic) bond motifs is 1. The summed E-state index contributed by atoms with van der Waals surface area (Å²) in [5.41, 5.74) is 8.16. The number of aliphatic hydroxyl groups excluding tert-OH is 1. The summed E-state index contributed by atoms with van der Waals surface area (Å²) >= 11 is 1.34. The fourth-order valence-electron chi connectivity index (χ4n) is 3.33. The van der Waals surface area contributed by atoms with E-state index >= 15 is 0 Å². The van der Waals surface area contributed by atoms with E-state index < -0.39 is 17.9 Å². The van der Waals surface area contributed by atoms with Crippen LogP contribution in [0, 0.1) is 5.92 Å². The van der Waals surface area contributed by atoms with Gasteiger partial charge in [0, 0.05) is 59.1 Å². The minimum absolute atomic E-state index is 0.264. The number of nitrogen functional groups attached to an aromatic ring is 1. The van der Waals surface area contributed by atoms with E-state index in [2.05, 4.69) is 15.0 Å². The molecular weight excluding hydrogens is 382 g/mol. The van der Waals surface area contributed by atoms with Gasteiger partial charge in [-0.25, -0.2) is 18.7 Å². The zero-order chi connectivity index (χ0) is 19.9. The van der Waals surface area contributed by atoms with E-state index in [9.17, 15) is 13.9 Å². The maximum absolute atomic E-state index is 13.1. The van der Waals surface area contributed by atoms with Crippen molar-refractivity contribution in [2.24, 2.45) is 10.9 Å². The second-order valence-corrected chi connectivity index (χ2v) is 8.10. The number of hydrogen-bond acceptors (Lipinski definition) is 6. The lowest BCUT2D eigenvalue weighted by Crippen LogP contribution is -2.38. The summed E-state index contributed by atoms with van der Waals surface area (Å²) in [6, 6.07) is 7.50. The minimum Gasteiger partial charge on any atom is -0.387 e. The molecule has 8 heteroatoms. The molecule has 0 saturated heterocycles. The SMILES string of the molecule is CCN=Cc1cc(-c2ccc3cc(C(O)C4CC(F)(F)C4)sc3n2)cnc1N. The van der Waals surface area contributed by atoms with Crippen LogP contribution in [-0.4, -0.2) is 33.8 Å². The van der Waals surface area contributed by atoms with Crippen molar-refractivity contribution in [2.75, 3.05) is 12.3 Å². The number of anilines is 1. The number of aliphatic hydroxyl groups is 1. The van der Waals surface area contributed by atoms with Gasteiger partial charge in [-0.1, -0.05) is 0 Å². The van der Waals surface area contributed by atoms with Crippen LogP contribution in [0.1, 0.15) is 36.3 Å². The Morgan fingerprint density at radius 3 is 2.89 bits per heavy atom. The summed E-state index contributed by atoms with van der Waals surface area (Å²) < 4.78 is 26.2. The van der Waals surface area contributed by atoms with Crippen molar-refractivity contribution in [2.45, 2.75) is 31.8 Å². The average molecular weight is 402 g/mol. The van der Waals surface area contributed by atoms with Crippen LogP contribution in [0.15, 0.2) is 35.5 Å². The van der Waals surface area contributed by atoms with E-state index in [1.807, 2.05) is 31.2 Å². The maximum atomic E-state index is 13.1. The summed E-state index contributed by atoms with van der Waals surface area (Å²) in [4.78, 5) is 14.5. The van der Waals surface area contributed by atoms with Crippen molar-refractivity contribution < 1.29 is 13.9 Å². The Balaban J connectivity index is 1.63. The number of nitrogens with two attached hydrogens (primary N) is 1. The van der Waals surface area contributed by atoms with E-state index in [0.717, 1.165) is 27.0 Å². The van der Waals surface area contributed by atoms with Crippen molar-refractivity contribution in [3.63, 3.8) is 0 Å². The molecule has 0 aliphatic heterocycles. The summed E-state index contributed by atoms with van der Waals surface area (Å²) in [6.45, 7) is 2.59. The van der Waals surface area contributed by atoms with Gasteiger partial charge in [-0.15, -0.1) is 11.3 Å². The highest BCUT2D eigenvalue weighted by molar-refractivity contribution is 7.18. The molecule has 0 amide bonds. The molecule has 3 aromatic rings. The molecule has 1 atom stereocenters. The molecule has 4 rings (SSSR count). The van der Waals surface area contributed by atoms with Gasteiger partial charge >= 0.3 is 0 Å². The van der Waals surface area contributed by atoms with Crippen LogP contribution in [0.4, 0.5) is 14.6 Å². The Kier molecular flexibility index (Phi) is 4.84. The fourth-order valence-corrected chi connectivity index (χ4v) is 4.44. The van der Waals surface area contributed by atoms with Crippen molar-refractivity contribution in [3.8, 4) is 11.3 Å². The van der Waals surface area contributed by atoms with Gasteiger partial charge in [-0.05, 0) is 31.2 Å². The monoisotopic (exact) mass is 402 g/mol. The lowest BCUT2D eigenvalue weighted by atomic mass is 9.77. The molecule has 5 nitrogen and oxygen atoms in total. The molecule has 1 saturated carbocycles. The van der Waals surface area contributed by atoms with Gasteiger partial charge in [0.05, 0.1) is 11.8 Å². The van der Waals surface area contributed by atoms with Crippen molar-refractivity contribution in [1.82, 2.24) is 9.97 Å². The Morgan fingerprint density at radius 1 is 1.39 bits per heavy atom. The van der Waals surface area contributed by atoms with Gasteiger partial charge in [0.2, 0.25) is 5.92 Å². The smallest absolute Gasteiger partial charge is 0.248 e. The third-order valence-corrected chi connectivity index (χ3v) is 6.04. The molecular formula is C20H20F2N4OS. The Morgan fingerprint density at radius 2 is 2.18 bits per heavy atom. The summed E-state index contributed by atoms with van der Waals surface area (Å²) in [5, 5.41) is 11.3. The molecule has 28 heavy (non-hydrogen) atoms. The zero-order valence-corrected chi connectivity index (χ0v) is 16.1. The molecule has 0 spiro atoms. The Bertz CT molecular complexity index is 1040. The Labute approximate surface area is 165 Å². The van der Waals surface area contributed by atoms with Gasteiger partial charge in [0.25, 0.3) is 0 Å². The first kappa shape index (κ1) is 18.9. The lowest BCUT2D eigenvalue weighted by molar-refractivity contribution is -0.141. The number of thiophene rings is 1. The summed E-state index contributed by atoms with van der Waals surface area (Å²) in [6.07, 6.45) is 1.95. The molecule has 3 N–H and O–H groups in total. The first-order valence-corrected chi connectivity index (χ1v) is 9.90. The highest BCUT2D eigenvalue weighted by Crippen LogP contribution is 2.49. The number of pyridine rings is 2. The molecule has 1 unspecified atom stereocenters. The fraction of sp³-hybridized carbons (Fsp3) is 0.350. The summed E-state index contributed by atoms with van der Waals surface area (Å²) in [5.74, 6) is -2.64. The number of rotatable bonds is 5. The van der Waals surface area contributed by atoms with Gasteiger partial charge in [0.1, 0.15) is 10.6 Å². The van der Waals surface area contributed by atoms with Crippen LogP contribution in [0.25, 0.3) is 21.5 Å². The van der Waals surface area contributed by atoms with E-state index in [1.54, 1.807) is 12.4 Å². The third-order valence-electron chi connectivity index (χ3n) is 4.92. The van der Waals surface area contributed by atoms with Crippen LogP contribution in [0.5, 0.6) is 0 Å². The van der Waals surface area contributed by atoms with Crippen LogP contribution < -0.4 is 5.73 Å². The summed E-state index contributed by atoms with van der Waals surface area (Å²) in [7, 11) is 0. The molecule has 1 aliphatic carbocycles. The van der Waals surface area contributed by atoms with Gasteiger partial charge in [0.15, 0.2) is 0 Å². The molecule has 1 aliphatic rings. The number of alkyl halides is 2. The second kappa shape index (κ2) is 7.18. The largest absolute Gasteiger partial charge is 0.387 e. The number of nitrogens with zero attached hydrogens (tertiary/aromatic N) is 3. The van der Waals surface area contributed by atoms with Gasteiger partial charge in [-0.2, -0.15) is 0 Å². The van der Waals surface area contributed by atoms with Crippen molar-refractivity contribution in [1.29, 1.82) is 0 Å². The van der Waals surface area contributed by atoms with Crippen LogP contribution >= 0.6 is 11.3 Å². The molecule has 0 aromatic carbocycles. The van der Waals surface area contributed by atoms with Crippen LogP contribution in [-0.2, 0) is 0 Å². The first-order valence-electron chi connectivity index (χ1n) is 9.08. The highest BCUT2D eigenvalue weighted by Gasteiger charge is 2.48. The standard InChI is InChI=1S/C20H20F2N4OS/c1-2-24-9-13-5-12(10-25-18(13)23)15-4-3-11-6-16(28-19(11)26-15)17(27)14-7-20(21,22)8-14/h3-6,9-10,14,17,27H,2,7-8H2,1H3,(H2,23,25). The Hall–Kier alpha value is -2.45. The predicted molar refractivity (Wildman–Crippen MR) is 108 cm³/mol. The number of aliphatic imine (C=N–C) groups is 1. The van der Waals surface area contributed by atoms with E-state index in [1.165, 1.54) is 11.3 Å². The second-order valence-electron chi connectivity index (χ2n) is 7.04. The highest BCUT2D eigenvalue weighted by atomic mass is 32.1. The topological polar surface area (TPSA) is 84.4 Å². The van der Waals surface area contributed by atoms with Crippen LogP contribution in [0.2, 0.25) is 0 Å². The molecule has 0 bridgehead atoms. The number of halogens is 2. The van der Waals surface area contributed by atoms with E-state index in [0.29, 0.717) is 17.2 Å². The third kappa shape index (κ3) is 3.62. The normalized spacial score (nSPS) is 17.9. The van der Waals surface area contributed by atoms with Gasteiger partial charge in [-0.3, -0.25) is 4.99 Å². The maximum Gasteiger partial charge on any atom is 0.248 e. The molecule has 1 fully saturated rings. The van der Waals surface area contributed by atoms with Crippen LogP contribution in [0.3, 0.4) is 0 Å². The molecule has 3 aromatic heterocycles. The van der Waals surface area contributed by atoms with E-state index in [-0.39, 0.29) is 12.8 Å². The predicted octanol–water partition coefficient (Wildman–Crippen LogP) is 4.46. The number of hydrogen-bond donors (Lipinski definition) is 2. The quantitative estimate of drug-likeness (QED) is 0.617. The van der Waals surface area contributed by atoms with Crippen molar-refractivity contribution in [3.05, 3.63) is 40.9 Å². The first-order chi connectivity index (χ1) is 13.4. The zero-order valence-electron chi connectivity index (χ0n) is 15.3. The molecule has 0 radical (unpaired) electrons. The molecule has 146 valence electrons. The lowest BCUT2D eigenvalue weighted by Gasteiger charge is -2.37. The number of aromatic nitrogens is 2.